The van der Waals surface area contributed by atoms with Crippen molar-refractivity contribution in [2.45, 2.75) is 33.5 Å². The van der Waals surface area contributed by atoms with E-state index < -0.39 is 6.61 Å². The van der Waals surface area contributed by atoms with Crippen LogP contribution >= 0.6 is 0 Å². The molecule has 30 heavy (non-hydrogen) atoms. The molecule has 0 spiro atoms. The lowest BCUT2D eigenvalue weighted by atomic mass is 10.2. The highest BCUT2D eigenvalue weighted by molar-refractivity contribution is 5.79. The number of fused-ring (bicyclic) bond motifs is 1. The lowest BCUT2D eigenvalue weighted by Gasteiger charge is -2.13. The first kappa shape index (κ1) is 21.3. The third-order valence-corrected chi connectivity index (χ3v) is 4.09. The van der Waals surface area contributed by atoms with Crippen LogP contribution in [0.25, 0.3) is 5.65 Å². The third-order valence-electron chi connectivity index (χ3n) is 4.09. The van der Waals surface area contributed by atoms with E-state index in [2.05, 4.69) is 30.6 Å². The number of pyridine rings is 1. The minimum Gasteiger partial charge on any atom is -0.490 e. The van der Waals surface area contributed by atoms with Crippen LogP contribution in [0, 0.1) is 0 Å². The van der Waals surface area contributed by atoms with Crippen molar-refractivity contribution in [2.75, 3.05) is 13.2 Å². The van der Waals surface area contributed by atoms with Crippen molar-refractivity contribution in [1.29, 1.82) is 0 Å². The zero-order chi connectivity index (χ0) is 21.3. The van der Waals surface area contributed by atoms with Gasteiger partial charge in [0.2, 0.25) is 0 Å². The number of hydrogen-bond donors (Lipinski definition) is 2. The lowest BCUT2D eigenvalue weighted by molar-refractivity contribution is -0.0514. The van der Waals surface area contributed by atoms with E-state index in [0.717, 1.165) is 17.0 Å². The fourth-order valence-electron chi connectivity index (χ4n) is 2.80. The maximum Gasteiger partial charge on any atom is 0.387 e. The van der Waals surface area contributed by atoms with E-state index in [9.17, 15) is 8.78 Å². The first-order chi connectivity index (χ1) is 14.6. The second-order valence-corrected chi connectivity index (χ2v) is 6.19. The number of nitrogens with one attached hydrogen (secondary N) is 2. The number of nitrogens with zero attached hydrogens (tertiary/aromatic N) is 4. The Labute approximate surface area is 172 Å². The minimum atomic E-state index is -2.91. The minimum absolute atomic E-state index is 0.00305. The second kappa shape index (κ2) is 10.4. The third kappa shape index (κ3) is 5.56. The molecule has 0 aliphatic rings. The molecule has 1 aromatic carbocycles. The summed E-state index contributed by atoms with van der Waals surface area (Å²) in [5, 5.41) is 14.7. The van der Waals surface area contributed by atoms with Gasteiger partial charge in [0.15, 0.2) is 28.9 Å². The Morgan fingerprint density at radius 3 is 2.77 bits per heavy atom. The average molecular weight is 418 g/mol. The molecule has 0 atom stereocenters. The van der Waals surface area contributed by atoms with Crippen molar-refractivity contribution >= 4 is 11.6 Å². The van der Waals surface area contributed by atoms with Gasteiger partial charge in [-0.2, -0.15) is 8.78 Å². The summed E-state index contributed by atoms with van der Waals surface area (Å²) in [6.07, 6.45) is 1.90. The summed E-state index contributed by atoms with van der Waals surface area (Å²) in [5.41, 5.74) is 1.57. The molecule has 0 amide bonds. The standard InChI is InChI=1S/C20H24F2N6O2/c1-3-23-20(25-13-18-27-26-17-7-5-6-10-28(17)18)24-12-14-8-9-15(30-19(21)22)16(11-14)29-4-2/h5-11,19H,3-4,12-13H2,1-2H3,(H2,23,24,25). The molecule has 0 saturated heterocycles. The lowest BCUT2D eigenvalue weighted by Crippen LogP contribution is -2.37. The quantitative estimate of drug-likeness (QED) is 0.411. The van der Waals surface area contributed by atoms with Crippen LogP contribution in [0.5, 0.6) is 11.5 Å². The summed E-state index contributed by atoms with van der Waals surface area (Å²) >= 11 is 0. The van der Waals surface area contributed by atoms with Gasteiger partial charge < -0.3 is 20.1 Å². The number of benzene rings is 1. The highest BCUT2D eigenvalue weighted by Gasteiger charge is 2.12. The number of hydrogen-bond acceptors (Lipinski definition) is 5. The van der Waals surface area contributed by atoms with Gasteiger partial charge in [0.25, 0.3) is 0 Å². The number of aliphatic imine (C=N–C) groups is 1. The highest BCUT2D eigenvalue weighted by atomic mass is 19.3. The predicted molar refractivity (Wildman–Crippen MR) is 109 cm³/mol. The molecular weight excluding hydrogens is 394 g/mol. The van der Waals surface area contributed by atoms with Crippen molar-refractivity contribution in [3.05, 3.63) is 54.0 Å². The Morgan fingerprint density at radius 2 is 2.00 bits per heavy atom. The molecule has 160 valence electrons. The van der Waals surface area contributed by atoms with E-state index in [0.29, 0.717) is 32.2 Å². The molecule has 0 saturated carbocycles. The smallest absolute Gasteiger partial charge is 0.387 e. The summed E-state index contributed by atoms with van der Waals surface area (Å²) in [7, 11) is 0. The van der Waals surface area contributed by atoms with Gasteiger partial charge in [-0.1, -0.05) is 12.1 Å². The van der Waals surface area contributed by atoms with E-state index in [1.807, 2.05) is 35.7 Å². The van der Waals surface area contributed by atoms with Crippen molar-refractivity contribution in [3.8, 4) is 11.5 Å². The van der Waals surface area contributed by atoms with Gasteiger partial charge in [0.05, 0.1) is 19.7 Å². The van der Waals surface area contributed by atoms with Crippen molar-refractivity contribution in [2.24, 2.45) is 4.99 Å². The molecule has 0 fully saturated rings. The molecule has 8 nitrogen and oxygen atoms in total. The predicted octanol–water partition coefficient (Wildman–Crippen LogP) is 2.98. The first-order valence-corrected chi connectivity index (χ1v) is 9.62. The fraction of sp³-hybridized carbons (Fsp3) is 0.350. The first-order valence-electron chi connectivity index (χ1n) is 9.62. The summed E-state index contributed by atoms with van der Waals surface area (Å²) in [6, 6.07) is 10.5. The number of guanidine groups is 1. The summed E-state index contributed by atoms with van der Waals surface area (Å²) in [4.78, 5) is 4.55. The number of rotatable bonds is 9. The van der Waals surface area contributed by atoms with Crippen LogP contribution in [-0.2, 0) is 13.1 Å². The van der Waals surface area contributed by atoms with Crippen LogP contribution in [-0.4, -0.2) is 40.3 Å². The molecule has 2 N–H and O–H groups in total. The molecular formula is C20H24F2N6O2. The zero-order valence-corrected chi connectivity index (χ0v) is 16.8. The topological polar surface area (TPSA) is 85.1 Å². The van der Waals surface area contributed by atoms with E-state index in [-0.39, 0.29) is 11.5 Å². The molecule has 0 bridgehead atoms. The molecule has 3 rings (SSSR count). The maximum atomic E-state index is 12.6. The molecule has 0 aliphatic carbocycles. The summed E-state index contributed by atoms with van der Waals surface area (Å²) < 4.78 is 36.9. The number of alkyl halides is 2. The molecule has 0 aliphatic heterocycles. The summed E-state index contributed by atoms with van der Waals surface area (Å²) in [5.74, 6) is 1.61. The van der Waals surface area contributed by atoms with Crippen molar-refractivity contribution in [3.63, 3.8) is 0 Å². The van der Waals surface area contributed by atoms with Crippen LogP contribution in [0.15, 0.2) is 47.6 Å². The SMILES string of the molecule is CCNC(=NCc1ccc(OC(F)F)c(OCC)c1)NCc1nnc2ccccn12. The number of ether oxygens (including phenoxy) is 2. The van der Waals surface area contributed by atoms with E-state index in [1.54, 1.807) is 19.1 Å². The van der Waals surface area contributed by atoms with Crippen molar-refractivity contribution < 1.29 is 18.3 Å². The molecule has 0 radical (unpaired) electrons. The molecule has 3 aromatic rings. The molecule has 10 heteroatoms. The van der Waals surface area contributed by atoms with Gasteiger partial charge in [-0.3, -0.25) is 4.40 Å². The van der Waals surface area contributed by atoms with Gasteiger partial charge in [-0.25, -0.2) is 4.99 Å². The van der Waals surface area contributed by atoms with Gasteiger partial charge >= 0.3 is 6.61 Å². The highest BCUT2D eigenvalue weighted by Crippen LogP contribution is 2.30. The number of aromatic nitrogens is 3. The molecule has 2 aromatic heterocycles. The normalized spacial score (nSPS) is 11.7. The number of halogens is 2. The van der Waals surface area contributed by atoms with Gasteiger partial charge in [-0.05, 0) is 43.7 Å². The Kier molecular flexibility index (Phi) is 7.36. The van der Waals surface area contributed by atoms with Gasteiger partial charge in [0, 0.05) is 12.7 Å². The van der Waals surface area contributed by atoms with E-state index in [4.69, 9.17) is 4.74 Å². The molecule has 0 unspecified atom stereocenters. The van der Waals surface area contributed by atoms with Crippen LogP contribution in [0.1, 0.15) is 25.2 Å². The average Bonchev–Trinajstić information content (AvgIpc) is 3.15. The van der Waals surface area contributed by atoms with E-state index in [1.165, 1.54) is 6.07 Å². The van der Waals surface area contributed by atoms with Crippen LogP contribution < -0.4 is 20.1 Å². The molecule has 2 heterocycles. The van der Waals surface area contributed by atoms with Gasteiger partial charge in [-0.15, -0.1) is 10.2 Å². The Morgan fingerprint density at radius 1 is 1.13 bits per heavy atom. The fourth-order valence-corrected chi connectivity index (χ4v) is 2.80. The summed E-state index contributed by atoms with van der Waals surface area (Å²) in [6.45, 7) is 2.60. The monoisotopic (exact) mass is 418 g/mol. The van der Waals surface area contributed by atoms with Crippen molar-refractivity contribution in [1.82, 2.24) is 25.2 Å². The Hall–Kier alpha value is -3.43. The van der Waals surface area contributed by atoms with Crippen LogP contribution in [0.4, 0.5) is 8.78 Å². The largest absolute Gasteiger partial charge is 0.490 e. The van der Waals surface area contributed by atoms with Crippen LogP contribution in [0.2, 0.25) is 0 Å². The zero-order valence-electron chi connectivity index (χ0n) is 16.8. The second-order valence-electron chi connectivity index (χ2n) is 6.19. The maximum absolute atomic E-state index is 12.6. The van der Waals surface area contributed by atoms with Crippen LogP contribution in [0.3, 0.4) is 0 Å². The Bertz CT molecular complexity index is 992. The van der Waals surface area contributed by atoms with E-state index >= 15 is 0 Å². The Balaban J connectivity index is 1.70. The van der Waals surface area contributed by atoms with Gasteiger partial charge in [0.1, 0.15) is 0 Å².